The second-order valence-corrected chi connectivity index (χ2v) is 4.28. The van der Waals surface area contributed by atoms with Gasteiger partial charge in [-0.15, -0.1) is 0 Å². The molecular formula is C15H20O. The zero-order chi connectivity index (χ0) is 12.1. The van der Waals surface area contributed by atoms with E-state index in [0.29, 0.717) is 5.75 Å². The van der Waals surface area contributed by atoms with Crippen LogP contribution in [0.1, 0.15) is 37.0 Å². The predicted octanol–water partition coefficient (Wildman–Crippen LogP) is 4.38. The highest BCUT2D eigenvalue weighted by Crippen LogP contribution is 2.26. The van der Waals surface area contributed by atoms with Gasteiger partial charge in [0.25, 0.3) is 0 Å². The SMILES string of the molecule is CC=CCC(C)=Cc1cc(C)cc(C)c1O. The first-order valence-corrected chi connectivity index (χ1v) is 5.63. The van der Waals surface area contributed by atoms with Crippen molar-refractivity contribution in [2.24, 2.45) is 0 Å². The molecule has 0 aliphatic heterocycles. The van der Waals surface area contributed by atoms with Crippen LogP contribution in [0.3, 0.4) is 0 Å². The third-order valence-corrected chi connectivity index (χ3v) is 2.55. The topological polar surface area (TPSA) is 20.2 Å². The minimum absolute atomic E-state index is 0.394. The van der Waals surface area contributed by atoms with E-state index in [1.807, 2.05) is 39.0 Å². The molecule has 0 aliphatic rings. The van der Waals surface area contributed by atoms with Crippen LogP contribution in [0, 0.1) is 13.8 Å². The molecule has 0 atom stereocenters. The molecule has 0 aliphatic carbocycles. The number of phenols is 1. The minimum atomic E-state index is 0.394. The predicted molar refractivity (Wildman–Crippen MR) is 70.7 cm³/mol. The summed E-state index contributed by atoms with van der Waals surface area (Å²) in [6, 6.07) is 4.01. The number of allylic oxidation sites excluding steroid dienone is 3. The van der Waals surface area contributed by atoms with E-state index < -0.39 is 0 Å². The van der Waals surface area contributed by atoms with Crippen LogP contribution in [-0.4, -0.2) is 5.11 Å². The van der Waals surface area contributed by atoms with Gasteiger partial charge in [0, 0.05) is 5.56 Å². The molecule has 0 aromatic heterocycles. The molecule has 0 amide bonds. The quantitative estimate of drug-likeness (QED) is 0.743. The Hall–Kier alpha value is -1.50. The molecule has 1 heteroatoms. The maximum absolute atomic E-state index is 9.93. The van der Waals surface area contributed by atoms with Gasteiger partial charge in [0.15, 0.2) is 0 Å². The van der Waals surface area contributed by atoms with Crippen molar-refractivity contribution in [3.63, 3.8) is 0 Å². The highest BCUT2D eigenvalue weighted by atomic mass is 16.3. The molecule has 0 saturated carbocycles. The molecule has 0 heterocycles. The van der Waals surface area contributed by atoms with Gasteiger partial charge in [-0.1, -0.05) is 35.4 Å². The minimum Gasteiger partial charge on any atom is -0.507 e. The standard InChI is InChI=1S/C15H20O/c1-5-6-7-11(2)9-14-10-12(3)8-13(4)15(14)16/h5-6,8-10,16H,7H2,1-4H3. The summed E-state index contributed by atoms with van der Waals surface area (Å²) in [5.74, 6) is 0.394. The highest BCUT2D eigenvalue weighted by Gasteiger charge is 2.03. The monoisotopic (exact) mass is 216 g/mol. The Morgan fingerprint density at radius 3 is 2.62 bits per heavy atom. The van der Waals surface area contributed by atoms with Gasteiger partial charge in [-0.05, 0) is 45.7 Å². The lowest BCUT2D eigenvalue weighted by Gasteiger charge is -2.06. The first-order chi connectivity index (χ1) is 7.54. The second-order valence-electron chi connectivity index (χ2n) is 4.28. The van der Waals surface area contributed by atoms with Crippen molar-refractivity contribution in [2.45, 2.75) is 34.1 Å². The lowest BCUT2D eigenvalue weighted by molar-refractivity contribution is 0.469. The zero-order valence-corrected chi connectivity index (χ0v) is 10.5. The Balaban J connectivity index is 3.04. The van der Waals surface area contributed by atoms with E-state index in [9.17, 15) is 5.11 Å². The van der Waals surface area contributed by atoms with E-state index in [-0.39, 0.29) is 0 Å². The van der Waals surface area contributed by atoms with Crippen LogP contribution >= 0.6 is 0 Å². The van der Waals surface area contributed by atoms with Crippen molar-refractivity contribution in [1.29, 1.82) is 0 Å². The van der Waals surface area contributed by atoms with Gasteiger partial charge in [-0.25, -0.2) is 0 Å². The van der Waals surface area contributed by atoms with Gasteiger partial charge in [-0.3, -0.25) is 0 Å². The number of rotatable bonds is 3. The number of aromatic hydroxyl groups is 1. The summed E-state index contributed by atoms with van der Waals surface area (Å²) in [6.45, 7) is 8.07. The van der Waals surface area contributed by atoms with Crippen molar-refractivity contribution in [1.82, 2.24) is 0 Å². The molecule has 1 N–H and O–H groups in total. The summed E-state index contributed by atoms with van der Waals surface area (Å²) in [5, 5.41) is 9.93. The fourth-order valence-corrected chi connectivity index (χ4v) is 1.73. The van der Waals surface area contributed by atoms with Crippen LogP contribution in [0.4, 0.5) is 0 Å². The van der Waals surface area contributed by atoms with Gasteiger partial charge < -0.3 is 5.11 Å². The van der Waals surface area contributed by atoms with E-state index in [1.165, 1.54) is 11.1 Å². The highest BCUT2D eigenvalue weighted by molar-refractivity contribution is 5.62. The van der Waals surface area contributed by atoms with E-state index in [0.717, 1.165) is 17.5 Å². The van der Waals surface area contributed by atoms with Crippen LogP contribution in [0.25, 0.3) is 6.08 Å². The summed E-state index contributed by atoms with van der Waals surface area (Å²) >= 11 is 0. The number of hydrogen-bond donors (Lipinski definition) is 1. The van der Waals surface area contributed by atoms with Gasteiger partial charge >= 0.3 is 0 Å². The molecule has 0 saturated heterocycles. The summed E-state index contributed by atoms with van der Waals surface area (Å²) in [4.78, 5) is 0. The van der Waals surface area contributed by atoms with E-state index >= 15 is 0 Å². The third-order valence-electron chi connectivity index (χ3n) is 2.55. The molecule has 16 heavy (non-hydrogen) atoms. The number of hydrogen-bond acceptors (Lipinski definition) is 1. The van der Waals surface area contributed by atoms with Crippen molar-refractivity contribution < 1.29 is 5.11 Å². The molecule has 1 nitrogen and oxygen atoms in total. The van der Waals surface area contributed by atoms with Crippen molar-refractivity contribution in [3.05, 3.63) is 46.5 Å². The van der Waals surface area contributed by atoms with Crippen molar-refractivity contribution in [2.75, 3.05) is 0 Å². The van der Waals surface area contributed by atoms with E-state index in [2.05, 4.69) is 19.1 Å². The molecule has 1 aromatic carbocycles. The maximum atomic E-state index is 9.93. The van der Waals surface area contributed by atoms with Crippen LogP contribution in [0.5, 0.6) is 5.75 Å². The van der Waals surface area contributed by atoms with Crippen LogP contribution in [0.2, 0.25) is 0 Å². The summed E-state index contributed by atoms with van der Waals surface area (Å²) < 4.78 is 0. The number of phenolic OH excluding ortho intramolecular Hbond substituents is 1. The van der Waals surface area contributed by atoms with Gasteiger partial charge in [0.2, 0.25) is 0 Å². The number of aryl methyl sites for hydroxylation is 2. The van der Waals surface area contributed by atoms with Crippen LogP contribution in [-0.2, 0) is 0 Å². The average Bonchev–Trinajstić information content (AvgIpc) is 2.22. The summed E-state index contributed by atoms with van der Waals surface area (Å²) in [5.41, 5.74) is 4.28. The Labute approximate surface area is 98.1 Å². The van der Waals surface area contributed by atoms with Crippen molar-refractivity contribution >= 4 is 6.08 Å². The molecule has 0 unspecified atom stereocenters. The van der Waals surface area contributed by atoms with Gasteiger partial charge in [0.05, 0.1) is 0 Å². The normalized spacial score (nSPS) is 12.4. The largest absolute Gasteiger partial charge is 0.507 e. The molecule has 86 valence electrons. The second kappa shape index (κ2) is 5.55. The number of benzene rings is 1. The van der Waals surface area contributed by atoms with Crippen LogP contribution in [0.15, 0.2) is 29.9 Å². The van der Waals surface area contributed by atoms with E-state index in [4.69, 9.17) is 0 Å². The van der Waals surface area contributed by atoms with Crippen LogP contribution < -0.4 is 0 Å². The lowest BCUT2D eigenvalue weighted by atomic mass is 10.0. The molecule has 1 aromatic rings. The Bertz CT molecular complexity index is 425. The van der Waals surface area contributed by atoms with E-state index in [1.54, 1.807) is 0 Å². The average molecular weight is 216 g/mol. The summed E-state index contributed by atoms with van der Waals surface area (Å²) in [6.07, 6.45) is 7.14. The molecule has 0 radical (unpaired) electrons. The lowest BCUT2D eigenvalue weighted by Crippen LogP contribution is -1.84. The molecule has 0 bridgehead atoms. The third kappa shape index (κ3) is 3.27. The Kier molecular flexibility index (Phi) is 4.36. The van der Waals surface area contributed by atoms with Gasteiger partial charge in [0.1, 0.15) is 5.75 Å². The Morgan fingerprint density at radius 2 is 2.00 bits per heavy atom. The fraction of sp³-hybridized carbons (Fsp3) is 0.333. The molecule has 0 spiro atoms. The first-order valence-electron chi connectivity index (χ1n) is 5.63. The molecule has 1 rings (SSSR count). The molecule has 0 fully saturated rings. The van der Waals surface area contributed by atoms with Gasteiger partial charge in [-0.2, -0.15) is 0 Å². The molecular weight excluding hydrogens is 196 g/mol. The smallest absolute Gasteiger partial charge is 0.125 e. The zero-order valence-electron chi connectivity index (χ0n) is 10.5. The van der Waals surface area contributed by atoms with Crippen molar-refractivity contribution in [3.8, 4) is 5.75 Å². The first kappa shape index (κ1) is 12.6. The maximum Gasteiger partial charge on any atom is 0.125 e. The Morgan fingerprint density at radius 1 is 1.31 bits per heavy atom. The fourth-order valence-electron chi connectivity index (χ4n) is 1.73. The summed E-state index contributed by atoms with van der Waals surface area (Å²) in [7, 11) is 0.